The van der Waals surface area contributed by atoms with E-state index in [0.29, 0.717) is 12.1 Å². The van der Waals surface area contributed by atoms with Gasteiger partial charge in [0.25, 0.3) is 0 Å². The summed E-state index contributed by atoms with van der Waals surface area (Å²) < 4.78 is 143. The molecule has 0 saturated heterocycles. The molecule has 0 bridgehead atoms. The number of rotatable bonds is 5. The van der Waals surface area contributed by atoms with Crippen LogP contribution in [0.15, 0.2) is 31.7 Å². The zero-order valence-electron chi connectivity index (χ0n) is 19.4. The molecule has 0 atom stereocenters. The summed E-state index contributed by atoms with van der Waals surface area (Å²) in [5.41, 5.74) is -4.67. The van der Waals surface area contributed by atoms with Crippen LogP contribution in [0.5, 0.6) is 0 Å². The standard InChI is InChI=1S/C14H12Cl2O12S4.4Na/c1-5-7(15)3-9(29(17,18)19)11(13(5)31(23,24)25)12-10(30(20,21)22)4-8(16)6(2)14(12)32(26,27)28;;;;/h3-4H,1-2H3,(H,17,18,19)(H,20,21,22)(H,23,24,25)(H,26,27,28);;;;/q;4*+1/p-4. The molecule has 0 aliphatic heterocycles. The van der Waals surface area contributed by atoms with Gasteiger partial charge in [0, 0.05) is 21.2 Å². The maximum atomic E-state index is 12.0. The number of benzene rings is 2. The van der Waals surface area contributed by atoms with Crippen molar-refractivity contribution >= 4 is 63.7 Å². The van der Waals surface area contributed by atoms with Crippen LogP contribution in [-0.4, -0.2) is 51.9 Å². The van der Waals surface area contributed by atoms with Gasteiger partial charge in [-0.05, 0) is 37.1 Å². The molecule has 2 rings (SSSR count). The second-order valence-electron chi connectivity index (χ2n) is 6.19. The fourth-order valence-electron chi connectivity index (χ4n) is 2.90. The van der Waals surface area contributed by atoms with Gasteiger partial charge in [0.1, 0.15) is 40.5 Å². The molecule has 2 aromatic rings. The van der Waals surface area contributed by atoms with E-state index in [9.17, 15) is 51.9 Å². The Hall–Kier alpha value is 2.66. The minimum Gasteiger partial charge on any atom is -0.744 e. The topological polar surface area (TPSA) is 229 Å². The average Bonchev–Trinajstić information content (AvgIpc) is 2.54. The largest absolute Gasteiger partial charge is 1.00 e. The van der Waals surface area contributed by atoms with E-state index in [1.807, 2.05) is 0 Å². The van der Waals surface area contributed by atoms with Crippen LogP contribution < -0.4 is 118 Å². The van der Waals surface area contributed by atoms with Crippen LogP contribution in [0.4, 0.5) is 0 Å². The van der Waals surface area contributed by atoms with Gasteiger partial charge >= 0.3 is 118 Å². The van der Waals surface area contributed by atoms with Crippen LogP contribution in [0.1, 0.15) is 11.1 Å². The van der Waals surface area contributed by atoms with Crippen LogP contribution in [0, 0.1) is 13.8 Å². The SMILES string of the molecule is Cc1c(Cl)cc(S(=O)(=O)[O-])c(-c2c(S(=O)(=O)[O-])cc(Cl)c(C)c2S(=O)(=O)[O-])c1S(=O)(=O)[O-].[Na+].[Na+].[Na+].[Na+]. The Morgan fingerprint density at radius 2 is 0.750 bits per heavy atom. The molecular weight excluding hydrogens is 651 g/mol. The Labute approximate surface area is 306 Å². The molecule has 0 unspecified atom stereocenters. The average molecular weight is 659 g/mol. The molecule has 36 heavy (non-hydrogen) atoms. The van der Waals surface area contributed by atoms with Gasteiger partial charge in [-0.25, -0.2) is 33.7 Å². The van der Waals surface area contributed by atoms with E-state index >= 15 is 0 Å². The van der Waals surface area contributed by atoms with E-state index in [1.54, 1.807) is 0 Å². The summed E-state index contributed by atoms with van der Waals surface area (Å²) in [5, 5.41) is -1.53. The van der Waals surface area contributed by atoms with E-state index < -0.39 is 92.4 Å². The van der Waals surface area contributed by atoms with Gasteiger partial charge in [0.05, 0.1) is 19.6 Å². The minimum atomic E-state index is -5.83. The Morgan fingerprint density at radius 3 is 0.917 bits per heavy atom. The molecule has 22 heteroatoms. The Balaban J connectivity index is -0.00000272. The minimum absolute atomic E-state index is 0. The van der Waals surface area contributed by atoms with Crippen molar-refractivity contribution in [2.75, 3.05) is 0 Å². The second kappa shape index (κ2) is 14.7. The number of halogens is 2. The van der Waals surface area contributed by atoms with E-state index in [1.165, 1.54) is 0 Å². The van der Waals surface area contributed by atoms with E-state index in [0.717, 1.165) is 13.8 Å². The molecule has 0 aliphatic rings. The summed E-state index contributed by atoms with van der Waals surface area (Å²) in [5.74, 6) is 0. The fourth-order valence-corrected chi connectivity index (χ4v) is 7.00. The van der Waals surface area contributed by atoms with Crippen molar-refractivity contribution in [1.29, 1.82) is 0 Å². The smallest absolute Gasteiger partial charge is 0.744 e. The van der Waals surface area contributed by atoms with Gasteiger partial charge in [-0.15, -0.1) is 0 Å². The quantitative estimate of drug-likeness (QED) is 0.215. The van der Waals surface area contributed by atoms with Crippen LogP contribution in [0.2, 0.25) is 10.0 Å². The molecule has 0 spiro atoms. The maximum absolute atomic E-state index is 12.0. The normalized spacial score (nSPS) is 11.9. The van der Waals surface area contributed by atoms with Gasteiger partial charge in [0.15, 0.2) is 0 Å². The summed E-state index contributed by atoms with van der Waals surface area (Å²) in [6.07, 6.45) is 0. The Bertz CT molecular complexity index is 1490. The first-order valence-electron chi connectivity index (χ1n) is 7.60. The predicted molar refractivity (Wildman–Crippen MR) is 103 cm³/mol. The maximum Gasteiger partial charge on any atom is 1.00 e. The summed E-state index contributed by atoms with van der Waals surface area (Å²) in [6.45, 7) is 1.69. The van der Waals surface area contributed by atoms with Gasteiger partial charge in [0.2, 0.25) is 0 Å². The van der Waals surface area contributed by atoms with Gasteiger partial charge in [-0.2, -0.15) is 0 Å². The van der Waals surface area contributed by atoms with Gasteiger partial charge < -0.3 is 18.2 Å². The monoisotopic (exact) mass is 658 g/mol. The number of hydrogen-bond acceptors (Lipinski definition) is 12. The van der Waals surface area contributed by atoms with Crippen molar-refractivity contribution in [3.05, 3.63) is 33.3 Å². The Morgan fingerprint density at radius 1 is 0.528 bits per heavy atom. The third-order valence-electron chi connectivity index (χ3n) is 4.15. The van der Waals surface area contributed by atoms with Crippen molar-refractivity contribution in [2.45, 2.75) is 33.4 Å². The zero-order chi connectivity index (χ0) is 25.2. The summed E-state index contributed by atoms with van der Waals surface area (Å²) >= 11 is 11.4. The van der Waals surface area contributed by atoms with Crippen LogP contribution in [0.3, 0.4) is 0 Å². The van der Waals surface area contributed by atoms with E-state index in [2.05, 4.69) is 0 Å². The molecule has 0 N–H and O–H groups in total. The van der Waals surface area contributed by atoms with E-state index in [4.69, 9.17) is 23.2 Å². The molecule has 0 heterocycles. The Kier molecular flexibility index (Phi) is 17.6. The van der Waals surface area contributed by atoms with Crippen molar-refractivity contribution in [2.24, 2.45) is 0 Å². The molecule has 0 aliphatic carbocycles. The summed E-state index contributed by atoms with van der Waals surface area (Å²) in [4.78, 5) is -6.59. The van der Waals surface area contributed by atoms with E-state index in [-0.39, 0.29) is 118 Å². The summed E-state index contributed by atoms with van der Waals surface area (Å²) in [7, 11) is -23.3. The molecule has 0 amide bonds. The zero-order valence-corrected chi connectivity index (χ0v) is 32.2. The molecule has 0 radical (unpaired) electrons. The first kappa shape index (κ1) is 43.1. The molecule has 12 nitrogen and oxygen atoms in total. The predicted octanol–water partition coefficient (Wildman–Crippen LogP) is -11.1. The van der Waals surface area contributed by atoms with Crippen LogP contribution in [-0.2, 0) is 40.5 Å². The van der Waals surface area contributed by atoms with Crippen LogP contribution >= 0.6 is 23.2 Å². The third kappa shape index (κ3) is 9.34. The van der Waals surface area contributed by atoms with Gasteiger partial charge in [-0.1, -0.05) is 23.2 Å². The molecule has 0 aromatic heterocycles. The first-order valence-corrected chi connectivity index (χ1v) is 14.0. The molecule has 0 fully saturated rings. The second-order valence-corrected chi connectivity index (χ2v) is 12.3. The first-order chi connectivity index (χ1) is 14.1. The summed E-state index contributed by atoms with van der Waals surface area (Å²) in [6, 6.07) is 0.630. The molecule has 178 valence electrons. The molecule has 0 saturated carbocycles. The fraction of sp³-hybridized carbons (Fsp3) is 0.143. The van der Waals surface area contributed by atoms with Crippen molar-refractivity contribution in [1.82, 2.24) is 0 Å². The van der Waals surface area contributed by atoms with Crippen molar-refractivity contribution in [3.63, 3.8) is 0 Å². The van der Waals surface area contributed by atoms with Crippen molar-refractivity contribution < 1.29 is 170 Å². The number of hydrogen-bond donors (Lipinski definition) is 0. The van der Waals surface area contributed by atoms with Gasteiger partial charge in [-0.3, -0.25) is 0 Å². The van der Waals surface area contributed by atoms with Crippen molar-refractivity contribution in [3.8, 4) is 11.1 Å². The molecular formula is C14H8Cl2Na4O12S4. The molecule has 2 aromatic carbocycles. The third-order valence-corrected chi connectivity index (χ3v) is 8.68. The van der Waals surface area contributed by atoms with Crippen LogP contribution in [0.25, 0.3) is 11.1 Å².